The van der Waals surface area contributed by atoms with E-state index in [-0.39, 0.29) is 31.1 Å². The molecule has 0 bridgehead atoms. The summed E-state index contributed by atoms with van der Waals surface area (Å²) in [6.45, 7) is 8.69. The number of hydrogen-bond acceptors (Lipinski definition) is 9. The predicted octanol–water partition coefficient (Wildman–Crippen LogP) is -0.0354. The third kappa shape index (κ3) is 10.8. The van der Waals surface area contributed by atoms with Crippen molar-refractivity contribution in [1.82, 2.24) is 36.1 Å². The number of nitrogens with zero attached hydrogens (tertiary/aromatic N) is 2. The van der Waals surface area contributed by atoms with Gasteiger partial charge in [-0.3, -0.25) is 28.8 Å². The number of aliphatic carboxylic acids is 1. The highest BCUT2D eigenvalue weighted by molar-refractivity contribution is 5.96. The fourth-order valence-electron chi connectivity index (χ4n) is 5.55. The van der Waals surface area contributed by atoms with E-state index in [1.807, 2.05) is 6.92 Å². The summed E-state index contributed by atoms with van der Waals surface area (Å²) in [5.74, 6) is -4.84. The lowest BCUT2D eigenvalue weighted by atomic mass is 9.96. The first-order valence-corrected chi connectivity index (χ1v) is 16.9. The lowest BCUT2D eigenvalue weighted by molar-refractivity contribution is -0.144. The Morgan fingerprint density at radius 1 is 0.940 bits per heavy atom. The van der Waals surface area contributed by atoms with Crippen LogP contribution in [0.25, 0.3) is 0 Å². The average Bonchev–Trinajstić information content (AvgIpc) is 3.79. The number of hydrogen-bond donors (Lipinski definition) is 8. The summed E-state index contributed by atoms with van der Waals surface area (Å²) >= 11 is 0. The summed E-state index contributed by atoms with van der Waals surface area (Å²) in [7, 11) is 0. The third-order valence-corrected chi connectivity index (χ3v) is 8.97. The van der Waals surface area contributed by atoms with Gasteiger partial charge in [-0.2, -0.15) is 0 Å². The van der Waals surface area contributed by atoms with E-state index in [0.717, 1.165) is 0 Å². The van der Waals surface area contributed by atoms with Crippen LogP contribution >= 0.6 is 0 Å². The summed E-state index contributed by atoms with van der Waals surface area (Å²) in [5, 5.41) is 29.7. The fraction of sp³-hybridized carbons (Fsp3) is 0.559. The number of carboxylic acid groups (broad SMARTS) is 1. The maximum absolute atomic E-state index is 14.0. The molecule has 5 amide bonds. The molecule has 9 N–H and O–H groups in total. The number of aromatic nitrogens is 2. The number of phenols is 1. The van der Waals surface area contributed by atoms with Crippen LogP contribution in [0.2, 0.25) is 0 Å². The second-order valence-electron chi connectivity index (χ2n) is 13.2. The SMILES string of the molecule is CC[C@H](C)[C@H](NC(=O)[C@H](Cc1ccc(O)cc1)NC(=O)[C@@H](N)C(C)C)C(=O)N[C@@H](Cc1c[nH]cn1)C(=O)N1CCC[C@H]1C(=O)N[C@@H](C)C(=O)O. The van der Waals surface area contributed by atoms with E-state index in [2.05, 4.69) is 31.2 Å². The normalized spacial score (nSPS) is 17.9. The van der Waals surface area contributed by atoms with Crippen molar-refractivity contribution in [2.24, 2.45) is 17.6 Å². The number of carbonyl (C=O) groups is 6. The molecule has 1 aromatic heterocycles. The van der Waals surface area contributed by atoms with Gasteiger partial charge in [0.1, 0.15) is 36.0 Å². The van der Waals surface area contributed by atoms with Gasteiger partial charge in [0.2, 0.25) is 29.5 Å². The van der Waals surface area contributed by atoms with Crippen LogP contribution in [-0.2, 0) is 41.6 Å². The number of benzene rings is 1. The van der Waals surface area contributed by atoms with Crippen LogP contribution in [0.15, 0.2) is 36.8 Å². The summed E-state index contributed by atoms with van der Waals surface area (Å²) in [5.41, 5.74) is 7.16. The van der Waals surface area contributed by atoms with Gasteiger partial charge in [0.15, 0.2) is 0 Å². The van der Waals surface area contributed by atoms with Crippen molar-refractivity contribution in [3.63, 3.8) is 0 Å². The van der Waals surface area contributed by atoms with Crippen LogP contribution in [0.3, 0.4) is 0 Å². The first-order valence-electron chi connectivity index (χ1n) is 16.9. The Labute approximate surface area is 291 Å². The molecule has 2 heterocycles. The number of rotatable bonds is 17. The molecular weight excluding hydrogens is 648 g/mol. The van der Waals surface area contributed by atoms with E-state index >= 15 is 0 Å². The molecule has 16 nitrogen and oxygen atoms in total. The Morgan fingerprint density at radius 3 is 2.18 bits per heavy atom. The fourth-order valence-corrected chi connectivity index (χ4v) is 5.55. The molecular formula is C34H50N8O8. The van der Waals surface area contributed by atoms with Crippen molar-refractivity contribution in [2.45, 2.75) is 103 Å². The van der Waals surface area contributed by atoms with Gasteiger partial charge < -0.3 is 47.1 Å². The van der Waals surface area contributed by atoms with Crippen LogP contribution in [0.4, 0.5) is 0 Å². The van der Waals surface area contributed by atoms with Crippen molar-refractivity contribution in [3.05, 3.63) is 48.0 Å². The average molecular weight is 699 g/mol. The number of aromatic amines is 1. The number of carbonyl (C=O) groups excluding carboxylic acids is 5. The molecule has 0 unspecified atom stereocenters. The van der Waals surface area contributed by atoms with Gasteiger partial charge in [-0.25, -0.2) is 4.98 Å². The zero-order valence-electron chi connectivity index (χ0n) is 29.1. The van der Waals surface area contributed by atoms with Gasteiger partial charge in [-0.05, 0) is 49.3 Å². The smallest absolute Gasteiger partial charge is 0.325 e. The zero-order chi connectivity index (χ0) is 37.1. The Hall–Kier alpha value is -4.99. The standard InChI is InChI=1S/C34H50N8O8/c1-6-19(4)28(41-29(44)24(39-31(46)27(35)18(2)3)14-21-9-11-23(43)12-10-21)32(47)40-25(15-22-16-36-17-37-22)33(48)42-13-7-8-26(42)30(45)38-20(5)34(49)50/h9-12,16-20,24-28,43H,6-8,13-15,35H2,1-5H3,(H,36,37)(H,38,45)(H,39,46)(H,40,47)(H,41,44)(H,49,50)/t19-,20-,24-,25-,26-,27-,28-/m0/s1. The molecule has 1 fully saturated rings. The Balaban J connectivity index is 1.86. The Kier molecular flexibility index (Phi) is 14.3. The number of aromatic hydroxyl groups is 1. The van der Waals surface area contributed by atoms with Crippen molar-refractivity contribution < 1.29 is 39.0 Å². The molecule has 7 atom stereocenters. The molecule has 16 heteroatoms. The van der Waals surface area contributed by atoms with Crippen molar-refractivity contribution >= 4 is 35.5 Å². The number of amides is 5. The van der Waals surface area contributed by atoms with E-state index in [1.165, 1.54) is 30.3 Å². The third-order valence-electron chi connectivity index (χ3n) is 8.97. The van der Waals surface area contributed by atoms with Gasteiger partial charge >= 0.3 is 5.97 Å². The minimum atomic E-state index is -1.22. The van der Waals surface area contributed by atoms with Crippen LogP contribution in [0, 0.1) is 11.8 Å². The molecule has 1 aliphatic heterocycles. The molecule has 1 aromatic carbocycles. The zero-order valence-corrected chi connectivity index (χ0v) is 29.1. The minimum absolute atomic E-state index is 0.0295. The molecule has 0 radical (unpaired) electrons. The Morgan fingerprint density at radius 2 is 1.60 bits per heavy atom. The largest absolute Gasteiger partial charge is 0.508 e. The van der Waals surface area contributed by atoms with E-state index in [1.54, 1.807) is 39.1 Å². The van der Waals surface area contributed by atoms with Gasteiger partial charge in [-0.15, -0.1) is 0 Å². The summed E-state index contributed by atoms with van der Waals surface area (Å²) in [6, 6.07) is -0.294. The highest BCUT2D eigenvalue weighted by atomic mass is 16.4. The molecule has 1 aliphatic rings. The number of nitrogens with one attached hydrogen (secondary N) is 5. The first kappa shape index (κ1) is 39.4. The number of imidazole rings is 1. The number of nitrogens with two attached hydrogens (primary N) is 1. The van der Waals surface area contributed by atoms with Gasteiger partial charge in [-0.1, -0.05) is 46.2 Å². The van der Waals surface area contributed by atoms with Crippen LogP contribution < -0.4 is 27.0 Å². The summed E-state index contributed by atoms with van der Waals surface area (Å²) in [4.78, 5) is 87.5. The van der Waals surface area contributed by atoms with Gasteiger partial charge in [0.25, 0.3) is 0 Å². The van der Waals surface area contributed by atoms with E-state index in [4.69, 9.17) is 5.73 Å². The first-order chi connectivity index (χ1) is 23.6. The van der Waals surface area contributed by atoms with Crippen LogP contribution in [0.5, 0.6) is 5.75 Å². The number of phenolic OH excluding ortho intramolecular Hbond substituents is 1. The molecule has 50 heavy (non-hydrogen) atoms. The minimum Gasteiger partial charge on any atom is -0.508 e. The number of likely N-dealkylation sites (tertiary alicyclic amines) is 1. The molecule has 0 saturated carbocycles. The molecule has 1 saturated heterocycles. The van der Waals surface area contributed by atoms with Crippen LogP contribution in [-0.4, -0.2) is 103 Å². The predicted molar refractivity (Wildman–Crippen MR) is 182 cm³/mol. The number of carboxylic acids is 1. The molecule has 274 valence electrons. The van der Waals surface area contributed by atoms with E-state index in [9.17, 15) is 39.0 Å². The van der Waals surface area contributed by atoms with Crippen molar-refractivity contribution in [2.75, 3.05) is 6.54 Å². The molecule has 0 aliphatic carbocycles. The maximum Gasteiger partial charge on any atom is 0.325 e. The second kappa shape index (κ2) is 18.1. The molecule has 2 aromatic rings. The van der Waals surface area contributed by atoms with Crippen molar-refractivity contribution in [3.8, 4) is 5.75 Å². The molecule has 3 rings (SSSR count). The van der Waals surface area contributed by atoms with E-state index < -0.39 is 77.7 Å². The highest BCUT2D eigenvalue weighted by Crippen LogP contribution is 2.21. The topological polar surface area (TPSA) is 249 Å². The summed E-state index contributed by atoms with van der Waals surface area (Å²) in [6.07, 6.45) is 4.28. The Bertz CT molecular complexity index is 1480. The highest BCUT2D eigenvalue weighted by Gasteiger charge is 2.40. The lowest BCUT2D eigenvalue weighted by Crippen LogP contribution is -2.61. The molecule has 0 spiro atoms. The summed E-state index contributed by atoms with van der Waals surface area (Å²) < 4.78 is 0. The number of H-pyrrole nitrogens is 1. The lowest BCUT2D eigenvalue weighted by Gasteiger charge is -2.31. The van der Waals surface area contributed by atoms with Gasteiger partial charge in [0, 0.05) is 25.6 Å². The second-order valence-corrected chi connectivity index (χ2v) is 13.2. The maximum atomic E-state index is 14.0. The van der Waals surface area contributed by atoms with Crippen LogP contribution in [0.1, 0.15) is 65.1 Å². The monoisotopic (exact) mass is 698 g/mol. The quantitative estimate of drug-likeness (QED) is 0.110. The van der Waals surface area contributed by atoms with Crippen molar-refractivity contribution in [1.29, 1.82) is 0 Å². The van der Waals surface area contributed by atoms with E-state index in [0.29, 0.717) is 30.5 Å². The van der Waals surface area contributed by atoms with Gasteiger partial charge in [0.05, 0.1) is 18.1 Å².